The van der Waals surface area contributed by atoms with Crippen molar-refractivity contribution in [2.24, 2.45) is 0 Å². The Morgan fingerprint density at radius 3 is 2.92 bits per heavy atom. The Balaban J connectivity index is 3.16. The molecule has 0 saturated carbocycles. The minimum absolute atomic E-state index is 0.0492. The number of hydrogen-bond acceptors (Lipinski definition) is 4. The lowest BCUT2D eigenvalue weighted by Crippen LogP contribution is -2.17. The molecule has 0 aliphatic heterocycles. The van der Waals surface area contributed by atoms with Crippen LogP contribution in [0.2, 0.25) is 0 Å². The maximum Gasteiger partial charge on any atom is 0.374 e. The maximum atomic E-state index is 11.0. The zero-order valence-electron chi connectivity index (χ0n) is 7.46. The first-order chi connectivity index (χ1) is 6.17. The number of H-pyrrole nitrogens is 1. The maximum absolute atomic E-state index is 11.0. The molecule has 0 fully saturated rings. The van der Waals surface area contributed by atoms with Crippen molar-refractivity contribution in [1.82, 2.24) is 9.97 Å². The summed E-state index contributed by atoms with van der Waals surface area (Å²) in [7, 11) is 1.24. The molecular weight excluding hydrogens is 172 g/mol. The smallest absolute Gasteiger partial charge is 0.374 e. The Morgan fingerprint density at radius 1 is 1.69 bits per heavy atom. The van der Waals surface area contributed by atoms with Crippen LogP contribution in [-0.4, -0.2) is 23.0 Å². The van der Waals surface area contributed by atoms with E-state index in [1.807, 2.05) is 6.92 Å². The number of aromatic amines is 1. The fourth-order valence-corrected chi connectivity index (χ4v) is 0.882. The molecule has 0 radical (unpaired) electrons. The lowest BCUT2D eigenvalue weighted by molar-refractivity contribution is 0.0586. The molecule has 0 amide bonds. The van der Waals surface area contributed by atoms with E-state index in [4.69, 9.17) is 0 Å². The van der Waals surface area contributed by atoms with Crippen LogP contribution in [0.15, 0.2) is 10.9 Å². The molecule has 70 valence electrons. The standard InChI is InChI=1S/C8H10N2O3/c1-3-5-4-6(11)10-7(9-5)8(12)13-2/h4H,3H2,1-2H3,(H,9,10,11). The van der Waals surface area contributed by atoms with Gasteiger partial charge in [0.05, 0.1) is 7.11 Å². The number of rotatable bonds is 2. The van der Waals surface area contributed by atoms with Crippen LogP contribution >= 0.6 is 0 Å². The summed E-state index contributed by atoms with van der Waals surface area (Å²) in [6.07, 6.45) is 0.605. The van der Waals surface area contributed by atoms with Crippen molar-refractivity contribution in [1.29, 1.82) is 0 Å². The number of nitrogens with one attached hydrogen (secondary N) is 1. The van der Waals surface area contributed by atoms with Gasteiger partial charge in [0.2, 0.25) is 5.82 Å². The largest absolute Gasteiger partial charge is 0.463 e. The van der Waals surface area contributed by atoms with E-state index >= 15 is 0 Å². The minimum Gasteiger partial charge on any atom is -0.463 e. The number of hydrogen-bond donors (Lipinski definition) is 1. The van der Waals surface area contributed by atoms with Crippen molar-refractivity contribution < 1.29 is 9.53 Å². The predicted octanol–water partition coefficient (Wildman–Crippen LogP) is 0.119. The molecule has 1 heterocycles. The van der Waals surface area contributed by atoms with Gasteiger partial charge in [0.1, 0.15) is 0 Å². The summed E-state index contributed by atoms with van der Waals surface area (Å²) in [5, 5.41) is 0. The third kappa shape index (κ3) is 2.14. The molecule has 0 aliphatic carbocycles. The predicted molar refractivity (Wildman–Crippen MR) is 45.6 cm³/mol. The highest BCUT2D eigenvalue weighted by molar-refractivity contribution is 5.84. The Kier molecular flexibility index (Phi) is 2.79. The molecule has 1 rings (SSSR count). The van der Waals surface area contributed by atoms with E-state index in [0.29, 0.717) is 12.1 Å². The third-order valence-electron chi connectivity index (χ3n) is 1.54. The van der Waals surface area contributed by atoms with Gasteiger partial charge in [0.15, 0.2) is 0 Å². The van der Waals surface area contributed by atoms with Crippen LogP contribution in [0, 0.1) is 0 Å². The Labute approximate surface area is 74.8 Å². The van der Waals surface area contributed by atoms with Crippen LogP contribution in [0.25, 0.3) is 0 Å². The summed E-state index contributed by atoms with van der Waals surface area (Å²) in [4.78, 5) is 28.2. The monoisotopic (exact) mass is 182 g/mol. The Hall–Kier alpha value is -1.65. The molecule has 0 saturated heterocycles. The second-order valence-corrected chi connectivity index (χ2v) is 2.43. The number of esters is 1. The van der Waals surface area contributed by atoms with Gasteiger partial charge in [-0.1, -0.05) is 6.92 Å². The van der Waals surface area contributed by atoms with E-state index in [2.05, 4.69) is 14.7 Å². The first-order valence-electron chi connectivity index (χ1n) is 3.86. The normalized spacial score (nSPS) is 9.69. The highest BCUT2D eigenvalue weighted by Gasteiger charge is 2.08. The Bertz CT molecular complexity index is 370. The Morgan fingerprint density at radius 2 is 2.38 bits per heavy atom. The summed E-state index contributed by atoms with van der Waals surface area (Å²) in [5.41, 5.74) is 0.233. The van der Waals surface area contributed by atoms with Gasteiger partial charge in [0, 0.05) is 11.8 Å². The van der Waals surface area contributed by atoms with Crippen molar-refractivity contribution >= 4 is 5.97 Å². The summed E-state index contributed by atoms with van der Waals surface area (Å²) in [6.45, 7) is 1.85. The van der Waals surface area contributed by atoms with Crippen LogP contribution in [0.4, 0.5) is 0 Å². The number of aromatic nitrogens is 2. The van der Waals surface area contributed by atoms with E-state index in [9.17, 15) is 9.59 Å². The molecule has 1 N–H and O–H groups in total. The fourth-order valence-electron chi connectivity index (χ4n) is 0.882. The van der Waals surface area contributed by atoms with E-state index in [1.165, 1.54) is 13.2 Å². The zero-order valence-corrected chi connectivity index (χ0v) is 7.46. The van der Waals surface area contributed by atoms with Crippen molar-refractivity contribution in [3.63, 3.8) is 0 Å². The molecule has 0 atom stereocenters. The van der Waals surface area contributed by atoms with Crippen LogP contribution in [-0.2, 0) is 11.2 Å². The van der Waals surface area contributed by atoms with Gasteiger partial charge < -0.3 is 9.72 Å². The number of methoxy groups -OCH3 is 1. The molecule has 0 aliphatic rings. The molecule has 1 aromatic rings. The number of nitrogens with zero attached hydrogens (tertiary/aromatic N) is 1. The van der Waals surface area contributed by atoms with E-state index in [0.717, 1.165) is 0 Å². The first-order valence-corrected chi connectivity index (χ1v) is 3.86. The molecular formula is C8H10N2O3. The number of carbonyl (C=O) groups is 1. The average molecular weight is 182 g/mol. The van der Waals surface area contributed by atoms with Crippen molar-refractivity contribution in [2.45, 2.75) is 13.3 Å². The molecule has 0 unspecified atom stereocenters. The highest BCUT2D eigenvalue weighted by atomic mass is 16.5. The lowest BCUT2D eigenvalue weighted by Gasteiger charge is -1.99. The van der Waals surface area contributed by atoms with E-state index in [1.54, 1.807) is 0 Å². The van der Waals surface area contributed by atoms with Gasteiger partial charge in [-0.25, -0.2) is 9.78 Å². The molecule has 5 heteroatoms. The van der Waals surface area contributed by atoms with Gasteiger partial charge in [-0.2, -0.15) is 0 Å². The van der Waals surface area contributed by atoms with Gasteiger partial charge in [-0.3, -0.25) is 4.79 Å². The average Bonchev–Trinajstić information content (AvgIpc) is 2.15. The molecule has 5 nitrogen and oxygen atoms in total. The number of aryl methyl sites for hydroxylation is 1. The first kappa shape index (κ1) is 9.44. The van der Waals surface area contributed by atoms with Crippen LogP contribution in [0.3, 0.4) is 0 Å². The summed E-state index contributed by atoms with van der Waals surface area (Å²) in [6, 6.07) is 1.35. The van der Waals surface area contributed by atoms with Crippen molar-refractivity contribution in [3.05, 3.63) is 27.9 Å². The van der Waals surface area contributed by atoms with Crippen LogP contribution < -0.4 is 5.56 Å². The summed E-state index contributed by atoms with van der Waals surface area (Å²) >= 11 is 0. The quantitative estimate of drug-likeness (QED) is 0.659. The van der Waals surface area contributed by atoms with Gasteiger partial charge in [0.25, 0.3) is 5.56 Å². The minimum atomic E-state index is -0.632. The zero-order chi connectivity index (χ0) is 9.84. The number of carbonyl (C=O) groups excluding carboxylic acids is 1. The van der Waals surface area contributed by atoms with Gasteiger partial charge in [-0.05, 0) is 6.42 Å². The van der Waals surface area contributed by atoms with Crippen molar-refractivity contribution in [3.8, 4) is 0 Å². The van der Waals surface area contributed by atoms with Crippen LogP contribution in [0.1, 0.15) is 23.2 Å². The van der Waals surface area contributed by atoms with Crippen LogP contribution in [0.5, 0.6) is 0 Å². The van der Waals surface area contributed by atoms with Crippen molar-refractivity contribution in [2.75, 3.05) is 7.11 Å². The molecule has 0 spiro atoms. The molecule has 0 aromatic carbocycles. The van der Waals surface area contributed by atoms with E-state index < -0.39 is 5.97 Å². The second kappa shape index (κ2) is 3.84. The summed E-state index contributed by atoms with van der Waals surface area (Å²) in [5.74, 6) is -0.681. The topological polar surface area (TPSA) is 72.0 Å². The molecule has 1 aromatic heterocycles. The SMILES string of the molecule is CCc1cc(=O)[nH]c(C(=O)OC)n1. The second-order valence-electron chi connectivity index (χ2n) is 2.43. The fraction of sp³-hybridized carbons (Fsp3) is 0.375. The lowest BCUT2D eigenvalue weighted by atomic mass is 10.3. The van der Waals surface area contributed by atoms with Gasteiger partial charge >= 0.3 is 5.97 Å². The third-order valence-corrected chi connectivity index (χ3v) is 1.54. The van der Waals surface area contributed by atoms with Gasteiger partial charge in [-0.15, -0.1) is 0 Å². The molecule has 0 bridgehead atoms. The van der Waals surface area contributed by atoms with E-state index in [-0.39, 0.29) is 11.4 Å². The molecule has 13 heavy (non-hydrogen) atoms. The number of ether oxygens (including phenoxy) is 1. The highest BCUT2D eigenvalue weighted by Crippen LogP contribution is 1.94. The summed E-state index contributed by atoms with van der Waals surface area (Å²) < 4.78 is 4.42.